The molecule has 0 bridgehead atoms. The fourth-order valence-electron chi connectivity index (χ4n) is 2.56. The topological polar surface area (TPSA) is 76.2 Å². The second-order valence-corrected chi connectivity index (χ2v) is 5.29. The van der Waals surface area contributed by atoms with Crippen LogP contribution in [0.4, 0.5) is 0 Å². The summed E-state index contributed by atoms with van der Waals surface area (Å²) in [5.74, 6) is 1.47. The van der Waals surface area contributed by atoms with Crippen LogP contribution in [0.15, 0.2) is 24.4 Å². The van der Waals surface area contributed by atoms with E-state index in [0.29, 0.717) is 18.8 Å². The van der Waals surface area contributed by atoms with Gasteiger partial charge in [-0.2, -0.15) is 5.10 Å². The molecule has 1 amide bonds. The highest BCUT2D eigenvalue weighted by Crippen LogP contribution is 2.35. The Morgan fingerprint density at radius 3 is 3.14 bits per heavy atom. The molecule has 1 aliphatic heterocycles. The first-order valence-electron chi connectivity index (χ1n) is 7.40. The third kappa shape index (κ3) is 2.90. The summed E-state index contributed by atoms with van der Waals surface area (Å²) in [6, 6.07) is 5.60. The molecule has 0 fully saturated rings. The van der Waals surface area contributed by atoms with Crippen molar-refractivity contribution in [2.24, 2.45) is 0 Å². The van der Waals surface area contributed by atoms with Crippen molar-refractivity contribution in [2.75, 3.05) is 6.61 Å². The molecule has 116 valence electrons. The van der Waals surface area contributed by atoms with Gasteiger partial charge in [0.05, 0.1) is 6.61 Å². The molecule has 6 nitrogen and oxygen atoms in total. The van der Waals surface area contributed by atoms with E-state index >= 15 is 0 Å². The minimum absolute atomic E-state index is 0.180. The standard InChI is InChI=1S/C16H19N3O3/c1-3-21-14-7-11-6-10(2)22-15(11)8-12(14)9-17-16(20)13-4-5-18-19-13/h4-5,7-8,10H,3,6,9H2,1-2H3,(H,17,20)(H,18,19)/t10-/m0/s1. The van der Waals surface area contributed by atoms with Gasteiger partial charge in [0.25, 0.3) is 5.91 Å². The minimum Gasteiger partial charge on any atom is -0.494 e. The number of hydrogen-bond acceptors (Lipinski definition) is 4. The third-order valence-corrected chi connectivity index (χ3v) is 3.56. The predicted octanol–water partition coefficient (Wildman–Crippen LogP) is 2.06. The van der Waals surface area contributed by atoms with Crippen molar-refractivity contribution in [1.82, 2.24) is 15.5 Å². The van der Waals surface area contributed by atoms with Crippen LogP contribution in [0.25, 0.3) is 0 Å². The number of rotatable bonds is 5. The van der Waals surface area contributed by atoms with E-state index in [4.69, 9.17) is 9.47 Å². The molecule has 1 atom stereocenters. The molecule has 0 unspecified atom stereocenters. The summed E-state index contributed by atoms with van der Waals surface area (Å²) in [4.78, 5) is 12.0. The van der Waals surface area contributed by atoms with Crippen molar-refractivity contribution in [3.63, 3.8) is 0 Å². The van der Waals surface area contributed by atoms with Crippen LogP contribution in [-0.2, 0) is 13.0 Å². The second-order valence-electron chi connectivity index (χ2n) is 5.29. The molecular formula is C16H19N3O3. The molecule has 2 N–H and O–H groups in total. The molecule has 0 saturated carbocycles. The van der Waals surface area contributed by atoms with Gasteiger partial charge in [-0.3, -0.25) is 9.89 Å². The summed E-state index contributed by atoms with van der Waals surface area (Å²) < 4.78 is 11.5. The van der Waals surface area contributed by atoms with Crippen LogP contribution in [0.2, 0.25) is 0 Å². The van der Waals surface area contributed by atoms with Crippen molar-refractivity contribution in [2.45, 2.75) is 32.9 Å². The number of H-pyrrole nitrogens is 1. The quantitative estimate of drug-likeness (QED) is 0.886. The molecule has 0 radical (unpaired) electrons. The summed E-state index contributed by atoms with van der Waals surface area (Å²) in [5, 5.41) is 9.27. The van der Waals surface area contributed by atoms with Gasteiger partial charge in [0.2, 0.25) is 0 Å². The minimum atomic E-state index is -0.199. The molecule has 3 rings (SSSR count). The number of ether oxygens (including phenoxy) is 2. The zero-order valence-electron chi connectivity index (χ0n) is 12.7. The first-order chi connectivity index (χ1) is 10.7. The average molecular weight is 301 g/mol. The van der Waals surface area contributed by atoms with E-state index in [1.165, 1.54) is 0 Å². The van der Waals surface area contributed by atoms with Crippen LogP contribution in [0.5, 0.6) is 11.5 Å². The number of hydrogen-bond donors (Lipinski definition) is 2. The maximum atomic E-state index is 12.0. The molecule has 2 aromatic rings. The number of benzene rings is 1. The summed E-state index contributed by atoms with van der Waals surface area (Å²) in [7, 11) is 0. The maximum Gasteiger partial charge on any atom is 0.269 e. The van der Waals surface area contributed by atoms with Crippen molar-refractivity contribution in [3.8, 4) is 11.5 Å². The van der Waals surface area contributed by atoms with Crippen molar-refractivity contribution in [3.05, 3.63) is 41.2 Å². The fourth-order valence-corrected chi connectivity index (χ4v) is 2.56. The SMILES string of the molecule is CCOc1cc2c(cc1CNC(=O)c1ccn[nH]1)O[C@@H](C)C2. The molecule has 1 aliphatic rings. The molecule has 1 aromatic heterocycles. The van der Waals surface area contributed by atoms with Crippen LogP contribution < -0.4 is 14.8 Å². The highest BCUT2D eigenvalue weighted by Gasteiger charge is 2.22. The van der Waals surface area contributed by atoms with Crippen LogP contribution >= 0.6 is 0 Å². The van der Waals surface area contributed by atoms with Gasteiger partial charge < -0.3 is 14.8 Å². The van der Waals surface area contributed by atoms with Gasteiger partial charge in [-0.1, -0.05) is 0 Å². The molecular weight excluding hydrogens is 282 g/mol. The fraction of sp³-hybridized carbons (Fsp3) is 0.375. The lowest BCUT2D eigenvalue weighted by molar-refractivity contribution is 0.0945. The predicted molar refractivity (Wildman–Crippen MR) is 81.2 cm³/mol. The first kappa shape index (κ1) is 14.4. The van der Waals surface area contributed by atoms with E-state index in [1.54, 1.807) is 12.3 Å². The Morgan fingerprint density at radius 2 is 2.41 bits per heavy atom. The number of carbonyl (C=O) groups is 1. The zero-order valence-corrected chi connectivity index (χ0v) is 12.7. The smallest absolute Gasteiger partial charge is 0.269 e. The van der Waals surface area contributed by atoms with Gasteiger partial charge in [-0.05, 0) is 32.0 Å². The van der Waals surface area contributed by atoms with E-state index < -0.39 is 0 Å². The van der Waals surface area contributed by atoms with Gasteiger partial charge in [-0.25, -0.2) is 0 Å². The van der Waals surface area contributed by atoms with Gasteiger partial charge in [0.15, 0.2) is 0 Å². The number of fused-ring (bicyclic) bond motifs is 1. The number of carbonyl (C=O) groups excluding carboxylic acids is 1. The Morgan fingerprint density at radius 1 is 1.55 bits per heavy atom. The summed E-state index contributed by atoms with van der Waals surface area (Å²) in [5.41, 5.74) is 2.49. The summed E-state index contributed by atoms with van der Waals surface area (Å²) in [6.45, 7) is 4.94. The van der Waals surface area contributed by atoms with Crippen molar-refractivity contribution in [1.29, 1.82) is 0 Å². The van der Waals surface area contributed by atoms with E-state index in [-0.39, 0.29) is 12.0 Å². The normalized spacial score (nSPS) is 16.0. The third-order valence-electron chi connectivity index (χ3n) is 3.56. The van der Waals surface area contributed by atoms with E-state index in [1.807, 2.05) is 26.0 Å². The van der Waals surface area contributed by atoms with Crippen molar-refractivity contribution >= 4 is 5.91 Å². The van der Waals surface area contributed by atoms with E-state index in [9.17, 15) is 4.79 Å². The number of amides is 1. The largest absolute Gasteiger partial charge is 0.494 e. The molecule has 0 aliphatic carbocycles. The van der Waals surface area contributed by atoms with Crippen LogP contribution in [-0.4, -0.2) is 28.8 Å². The highest BCUT2D eigenvalue weighted by atomic mass is 16.5. The molecule has 0 saturated heterocycles. The Labute approximate surface area is 128 Å². The molecule has 22 heavy (non-hydrogen) atoms. The number of aromatic nitrogens is 2. The number of nitrogens with zero attached hydrogens (tertiary/aromatic N) is 1. The van der Waals surface area contributed by atoms with Crippen LogP contribution in [0.3, 0.4) is 0 Å². The number of nitrogens with one attached hydrogen (secondary N) is 2. The summed E-state index contributed by atoms with van der Waals surface area (Å²) in [6.07, 6.45) is 2.61. The van der Waals surface area contributed by atoms with Gasteiger partial charge in [0, 0.05) is 30.3 Å². The van der Waals surface area contributed by atoms with Gasteiger partial charge >= 0.3 is 0 Å². The lowest BCUT2D eigenvalue weighted by Crippen LogP contribution is -2.23. The molecule has 1 aromatic carbocycles. The van der Waals surface area contributed by atoms with Gasteiger partial charge in [0.1, 0.15) is 23.3 Å². The second kappa shape index (κ2) is 6.09. The zero-order chi connectivity index (χ0) is 15.5. The highest BCUT2D eigenvalue weighted by molar-refractivity contribution is 5.92. The lowest BCUT2D eigenvalue weighted by atomic mass is 10.1. The van der Waals surface area contributed by atoms with Crippen LogP contribution in [0.1, 0.15) is 35.5 Å². The average Bonchev–Trinajstić information content (AvgIpc) is 3.13. The van der Waals surface area contributed by atoms with Crippen molar-refractivity contribution < 1.29 is 14.3 Å². The Hall–Kier alpha value is -2.50. The maximum absolute atomic E-state index is 12.0. The Balaban J connectivity index is 1.77. The van der Waals surface area contributed by atoms with Crippen LogP contribution in [0, 0.1) is 0 Å². The lowest BCUT2D eigenvalue weighted by Gasteiger charge is -2.13. The summed E-state index contributed by atoms with van der Waals surface area (Å²) >= 11 is 0. The molecule has 2 heterocycles. The monoisotopic (exact) mass is 301 g/mol. The Kier molecular flexibility index (Phi) is 4.00. The van der Waals surface area contributed by atoms with E-state index in [2.05, 4.69) is 15.5 Å². The first-order valence-corrected chi connectivity index (χ1v) is 7.40. The molecule has 0 spiro atoms. The molecule has 6 heteroatoms. The Bertz CT molecular complexity index is 668. The number of aromatic amines is 1. The van der Waals surface area contributed by atoms with E-state index in [0.717, 1.165) is 29.0 Å². The van der Waals surface area contributed by atoms with Gasteiger partial charge in [-0.15, -0.1) is 0 Å².